The van der Waals surface area contributed by atoms with Crippen LogP contribution in [0.1, 0.15) is 28.9 Å². The number of hydrogen-bond donors (Lipinski definition) is 0. The minimum absolute atomic E-state index is 0.224. The number of rotatable bonds is 8. The highest BCUT2D eigenvalue weighted by Crippen LogP contribution is 2.48. The summed E-state index contributed by atoms with van der Waals surface area (Å²) in [6, 6.07) is 29.1. The van der Waals surface area contributed by atoms with E-state index in [0.717, 1.165) is 0 Å². The van der Waals surface area contributed by atoms with Gasteiger partial charge in [-0.05, 0) is 73.2 Å². The van der Waals surface area contributed by atoms with Gasteiger partial charge in [0.1, 0.15) is 11.7 Å². The van der Waals surface area contributed by atoms with Crippen LogP contribution in [0.25, 0.3) is 0 Å². The van der Waals surface area contributed by atoms with Gasteiger partial charge in [0.05, 0.1) is 36.7 Å². The van der Waals surface area contributed by atoms with Crippen LogP contribution < -0.4 is 24.2 Å². The maximum Gasteiger partial charge on any atom is 0.343 e. The second-order valence-corrected chi connectivity index (χ2v) is 9.76. The summed E-state index contributed by atoms with van der Waals surface area (Å²) in [5, 5.41) is 1.60. The van der Waals surface area contributed by atoms with E-state index < -0.39 is 29.9 Å². The predicted molar refractivity (Wildman–Crippen MR) is 155 cm³/mol. The molecule has 212 valence electrons. The number of hydroxylamine groups is 1. The van der Waals surface area contributed by atoms with Gasteiger partial charge < -0.3 is 14.2 Å². The van der Waals surface area contributed by atoms with Crippen LogP contribution in [0.15, 0.2) is 103 Å². The number of carbonyl (C=O) groups is 3. The van der Waals surface area contributed by atoms with E-state index in [4.69, 9.17) is 19.0 Å². The van der Waals surface area contributed by atoms with Crippen molar-refractivity contribution in [2.24, 2.45) is 5.92 Å². The average Bonchev–Trinajstić information content (AvgIpc) is 3.54. The molecule has 2 heterocycles. The van der Waals surface area contributed by atoms with Crippen LogP contribution in [-0.2, 0) is 14.4 Å². The van der Waals surface area contributed by atoms with Crippen molar-refractivity contribution in [1.29, 1.82) is 0 Å². The van der Waals surface area contributed by atoms with Crippen LogP contribution in [0.5, 0.6) is 17.2 Å². The Morgan fingerprint density at radius 2 is 1.50 bits per heavy atom. The van der Waals surface area contributed by atoms with E-state index in [1.54, 1.807) is 71.8 Å². The number of hydrogen-bond acceptors (Lipinski definition) is 8. The first-order valence-electron chi connectivity index (χ1n) is 13.6. The molecule has 0 radical (unpaired) electrons. The maximum absolute atomic E-state index is 14.0. The molecule has 0 saturated carbocycles. The molecule has 9 heteroatoms. The van der Waals surface area contributed by atoms with Crippen LogP contribution in [-0.4, -0.2) is 37.6 Å². The maximum atomic E-state index is 14.0. The molecule has 0 bridgehead atoms. The van der Waals surface area contributed by atoms with Crippen molar-refractivity contribution >= 4 is 29.2 Å². The lowest BCUT2D eigenvalue weighted by atomic mass is 9.90. The molecule has 6 rings (SSSR count). The number of amides is 2. The molecule has 2 amide bonds. The monoisotopic (exact) mass is 564 g/mol. The molecule has 2 fully saturated rings. The van der Waals surface area contributed by atoms with Gasteiger partial charge in [0.25, 0.3) is 5.91 Å². The zero-order valence-corrected chi connectivity index (χ0v) is 23.0. The van der Waals surface area contributed by atoms with Crippen molar-refractivity contribution in [3.05, 3.63) is 114 Å². The SMILES string of the molecule is CCOc1ccc(N2C(=O)[C@H]3[C@H](ON(c4ccccc4)[C@@H]3c3ccc(OC(=O)c4ccccc4)c(OC)c3)C2=O)cc1. The lowest BCUT2D eigenvalue weighted by molar-refractivity contribution is -0.126. The van der Waals surface area contributed by atoms with Crippen LogP contribution in [0.2, 0.25) is 0 Å². The lowest BCUT2D eigenvalue weighted by Crippen LogP contribution is -2.37. The molecule has 0 aliphatic carbocycles. The first-order valence-corrected chi connectivity index (χ1v) is 13.6. The molecule has 2 aliphatic heterocycles. The van der Waals surface area contributed by atoms with Crippen molar-refractivity contribution in [2.75, 3.05) is 23.7 Å². The summed E-state index contributed by atoms with van der Waals surface area (Å²) in [7, 11) is 1.47. The number of nitrogens with zero attached hydrogens (tertiary/aromatic N) is 2. The van der Waals surface area contributed by atoms with E-state index in [1.165, 1.54) is 12.0 Å². The molecule has 2 saturated heterocycles. The van der Waals surface area contributed by atoms with Gasteiger partial charge in [-0.1, -0.05) is 42.5 Å². The number of imide groups is 1. The molecule has 0 unspecified atom stereocenters. The van der Waals surface area contributed by atoms with Crippen molar-refractivity contribution in [2.45, 2.75) is 19.1 Å². The third-order valence-corrected chi connectivity index (χ3v) is 7.27. The smallest absolute Gasteiger partial charge is 0.343 e. The molecule has 42 heavy (non-hydrogen) atoms. The minimum Gasteiger partial charge on any atom is -0.494 e. The summed E-state index contributed by atoms with van der Waals surface area (Å²) in [6.45, 7) is 2.39. The molecule has 0 aromatic heterocycles. The van der Waals surface area contributed by atoms with E-state index in [1.807, 2.05) is 43.3 Å². The standard InChI is InChI=1S/C33H28N2O7/c1-3-40-25-17-15-23(16-18-25)34-31(36)28-29(35(42-30(28)32(34)37)24-12-8-5-9-13-24)22-14-19-26(27(20-22)39-2)41-33(38)21-10-6-4-7-11-21/h4-20,28-30H,3H2,1-2H3/t28-,29-,30+/m1/s1. The molecule has 3 atom stereocenters. The molecule has 4 aromatic rings. The predicted octanol–water partition coefficient (Wildman–Crippen LogP) is 5.36. The fourth-order valence-electron chi connectivity index (χ4n) is 5.35. The van der Waals surface area contributed by atoms with E-state index in [0.29, 0.717) is 40.6 Å². The largest absolute Gasteiger partial charge is 0.494 e. The molecular weight excluding hydrogens is 536 g/mol. The van der Waals surface area contributed by atoms with Gasteiger partial charge in [0.15, 0.2) is 17.6 Å². The van der Waals surface area contributed by atoms with Gasteiger partial charge in [-0.25, -0.2) is 14.8 Å². The molecular formula is C33H28N2O7. The number of para-hydroxylation sites is 1. The summed E-state index contributed by atoms with van der Waals surface area (Å²) >= 11 is 0. The molecule has 0 spiro atoms. The van der Waals surface area contributed by atoms with Crippen molar-refractivity contribution < 1.29 is 33.4 Å². The van der Waals surface area contributed by atoms with E-state index in [-0.39, 0.29) is 11.7 Å². The van der Waals surface area contributed by atoms with Crippen LogP contribution >= 0.6 is 0 Å². The first kappa shape index (κ1) is 27.0. The Kier molecular flexibility index (Phi) is 7.33. The van der Waals surface area contributed by atoms with E-state index in [9.17, 15) is 14.4 Å². The fourth-order valence-corrected chi connectivity index (χ4v) is 5.35. The second-order valence-electron chi connectivity index (χ2n) is 9.76. The Bertz CT molecular complexity index is 1610. The third-order valence-electron chi connectivity index (χ3n) is 7.27. The lowest BCUT2D eigenvalue weighted by Gasteiger charge is -2.29. The summed E-state index contributed by atoms with van der Waals surface area (Å²) in [5.41, 5.74) is 2.17. The number of benzene rings is 4. The van der Waals surface area contributed by atoms with Crippen molar-refractivity contribution in [1.82, 2.24) is 0 Å². The Balaban J connectivity index is 1.35. The molecule has 0 N–H and O–H groups in total. The Morgan fingerprint density at radius 1 is 0.810 bits per heavy atom. The molecule has 2 aliphatic rings. The number of anilines is 2. The van der Waals surface area contributed by atoms with Crippen LogP contribution in [0.4, 0.5) is 11.4 Å². The normalized spacial score (nSPS) is 19.5. The summed E-state index contributed by atoms with van der Waals surface area (Å²) in [4.78, 5) is 47.7. The highest BCUT2D eigenvalue weighted by Gasteiger charge is 2.60. The van der Waals surface area contributed by atoms with Crippen LogP contribution in [0, 0.1) is 5.92 Å². The fraction of sp³-hybridized carbons (Fsp3) is 0.182. The first-order chi connectivity index (χ1) is 20.5. The minimum atomic E-state index is -1.03. The topological polar surface area (TPSA) is 94.6 Å². The molecule has 4 aromatic carbocycles. The van der Waals surface area contributed by atoms with Crippen molar-refractivity contribution in [3.8, 4) is 17.2 Å². The number of carbonyl (C=O) groups excluding carboxylic acids is 3. The highest BCUT2D eigenvalue weighted by molar-refractivity contribution is 6.24. The van der Waals surface area contributed by atoms with Gasteiger partial charge in [-0.15, -0.1) is 0 Å². The Labute approximate surface area is 242 Å². The van der Waals surface area contributed by atoms with Gasteiger partial charge in [-0.2, -0.15) is 0 Å². The van der Waals surface area contributed by atoms with Crippen LogP contribution in [0.3, 0.4) is 0 Å². The number of fused-ring (bicyclic) bond motifs is 1. The Morgan fingerprint density at radius 3 is 2.17 bits per heavy atom. The Hall–Kier alpha value is -5.15. The van der Waals surface area contributed by atoms with E-state index in [2.05, 4.69) is 0 Å². The summed E-state index contributed by atoms with van der Waals surface area (Å²) < 4.78 is 16.7. The van der Waals surface area contributed by atoms with Gasteiger partial charge in [0, 0.05) is 0 Å². The summed E-state index contributed by atoms with van der Waals surface area (Å²) in [6.07, 6.45) is -1.03. The van der Waals surface area contributed by atoms with Gasteiger partial charge >= 0.3 is 5.97 Å². The average molecular weight is 565 g/mol. The number of esters is 1. The quantitative estimate of drug-likeness (QED) is 0.160. The number of methoxy groups -OCH3 is 1. The van der Waals surface area contributed by atoms with E-state index >= 15 is 0 Å². The highest BCUT2D eigenvalue weighted by atomic mass is 16.7. The summed E-state index contributed by atoms with van der Waals surface area (Å²) in [5.74, 6) is -1.03. The zero-order valence-electron chi connectivity index (χ0n) is 23.0. The molecule has 9 nitrogen and oxygen atoms in total. The number of ether oxygens (including phenoxy) is 3. The second kappa shape index (κ2) is 11.4. The van der Waals surface area contributed by atoms with Gasteiger partial charge in [-0.3, -0.25) is 14.4 Å². The third kappa shape index (κ3) is 4.84. The zero-order chi connectivity index (χ0) is 29.2. The van der Waals surface area contributed by atoms with Gasteiger partial charge in [0.2, 0.25) is 5.91 Å². The van der Waals surface area contributed by atoms with Crippen molar-refractivity contribution in [3.63, 3.8) is 0 Å².